The molecule has 17 rings (SSSR count). The van der Waals surface area contributed by atoms with E-state index in [4.69, 9.17) is 41.6 Å². The number of para-hydroxylation sites is 3. The number of anilines is 3. The lowest BCUT2D eigenvalue weighted by molar-refractivity contribution is -0.136. The van der Waals surface area contributed by atoms with Gasteiger partial charge in [-0.05, 0) is 123 Å². The van der Waals surface area contributed by atoms with E-state index in [0.717, 1.165) is 150 Å². The molecule has 0 unspecified atom stereocenters. The molecule has 0 radical (unpaired) electrons. The smallest absolute Gasteiger partial charge is 0.253 e. The van der Waals surface area contributed by atoms with E-state index >= 15 is 0 Å². The van der Waals surface area contributed by atoms with Crippen LogP contribution in [0.4, 0.5) is 17.5 Å². The largest absolute Gasteiger partial charge is 0.497 e. The van der Waals surface area contributed by atoms with Gasteiger partial charge in [0, 0.05) is 150 Å². The van der Waals surface area contributed by atoms with Gasteiger partial charge in [0.15, 0.2) is 0 Å². The molecule has 500 valence electrons. The average Bonchev–Trinajstić information content (AvgIpc) is 1.61. The normalized spacial score (nSPS) is 14.9. The molecule has 3 amide bonds. The van der Waals surface area contributed by atoms with Crippen molar-refractivity contribution in [2.45, 2.75) is 56.3 Å². The van der Waals surface area contributed by atoms with Gasteiger partial charge in [0.05, 0.1) is 24.2 Å². The zero-order chi connectivity index (χ0) is 67.8. The van der Waals surface area contributed by atoms with E-state index in [0.29, 0.717) is 67.8 Å². The highest BCUT2D eigenvalue weighted by Crippen LogP contribution is 2.40. The van der Waals surface area contributed by atoms with Gasteiger partial charge in [0.1, 0.15) is 80.9 Å². The Morgan fingerprint density at radius 1 is 0.465 bits per heavy atom. The van der Waals surface area contributed by atoms with E-state index in [2.05, 4.69) is 108 Å². The Labute approximate surface area is 577 Å². The first-order valence-corrected chi connectivity index (χ1v) is 34.0. The summed E-state index contributed by atoms with van der Waals surface area (Å²) in [7, 11) is 3.17. The van der Waals surface area contributed by atoms with Crippen molar-refractivity contribution in [1.29, 1.82) is 0 Å². The van der Waals surface area contributed by atoms with Gasteiger partial charge in [-0.1, -0.05) is 70.5 Å². The summed E-state index contributed by atoms with van der Waals surface area (Å²) in [5, 5.41) is 3.38. The number of imidazole rings is 3. The van der Waals surface area contributed by atoms with Gasteiger partial charge >= 0.3 is 0 Å². The van der Waals surface area contributed by atoms with Gasteiger partial charge in [0.2, 0.25) is 5.91 Å². The molecular formula is C75H73BrN18O5. The first-order valence-electron chi connectivity index (χ1n) is 33.2. The third kappa shape index (κ3) is 12.5. The highest BCUT2D eigenvalue weighted by molar-refractivity contribution is 9.10. The van der Waals surface area contributed by atoms with Crippen LogP contribution < -0.4 is 21.9 Å². The number of hydrogen-bond acceptors (Lipinski definition) is 14. The lowest BCUT2D eigenvalue weighted by Crippen LogP contribution is -2.40. The fraction of sp³-hybridized carbons (Fsp3) is 0.240. The molecule has 3 aliphatic rings. The van der Waals surface area contributed by atoms with Gasteiger partial charge in [0.25, 0.3) is 11.8 Å². The number of amides is 3. The van der Waals surface area contributed by atoms with Crippen molar-refractivity contribution < 1.29 is 23.9 Å². The van der Waals surface area contributed by atoms with E-state index in [9.17, 15) is 14.4 Å². The summed E-state index contributed by atoms with van der Waals surface area (Å²) in [6.07, 6.45) is 16.0. The van der Waals surface area contributed by atoms with Crippen LogP contribution in [0.25, 0.3) is 83.4 Å². The summed E-state index contributed by atoms with van der Waals surface area (Å²) in [5.74, 6) is 5.83. The van der Waals surface area contributed by atoms with Crippen LogP contribution in [0.15, 0.2) is 181 Å². The Bertz CT molecular complexity index is 5200. The van der Waals surface area contributed by atoms with Crippen LogP contribution in [-0.4, -0.2) is 151 Å². The lowest BCUT2D eigenvalue weighted by atomic mass is 9.95. The predicted molar refractivity (Wildman–Crippen MR) is 387 cm³/mol. The molecule has 0 atom stereocenters. The quantitative estimate of drug-likeness (QED) is 0.0702. The summed E-state index contributed by atoms with van der Waals surface area (Å²) in [4.78, 5) is 82.4. The maximum Gasteiger partial charge on any atom is 0.253 e. The first kappa shape index (κ1) is 63.7. The molecule has 3 aliphatic heterocycles. The molecule has 12 heterocycles. The number of hydrogen-bond donors (Lipinski definition) is 6. The molecule has 23 nitrogen and oxygen atoms in total. The number of carbonyl (C=O) groups is 3. The number of halogens is 1. The minimum Gasteiger partial charge on any atom is -0.497 e. The zero-order valence-corrected chi connectivity index (χ0v) is 56.3. The molecule has 5 aromatic carbocycles. The molecule has 3 fully saturated rings. The number of nitrogens with one attached hydrogen (secondary N) is 3. The Balaban J connectivity index is 0.000000121. The number of carbonyl (C=O) groups excluding carboxylic acids is 3. The van der Waals surface area contributed by atoms with Gasteiger partial charge in [-0.25, -0.2) is 29.9 Å². The number of ether oxygens (including phenoxy) is 2. The van der Waals surface area contributed by atoms with Crippen molar-refractivity contribution in [1.82, 2.24) is 72.8 Å². The Morgan fingerprint density at radius 2 is 0.798 bits per heavy atom. The topological polar surface area (TPSA) is 295 Å². The van der Waals surface area contributed by atoms with Crippen LogP contribution in [0, 0.1) is 0 Å². The van der Waals surface area contributed by atoms with E-state index in [1.54, 1.807) is 32.8 Å². The number of aromatic amines is 3. The highest BCUT2D eigenvalue weighted by atomic mass is 79.9. The molecule has 0 spiro atoms. The lowest BCUT2D eigenvalue weighted by Gasteiger charge is -2.31. The summed E-state index contributed by atoms with van der Waals surface area (Å²) >= 11 is 3.43. The molecule has 14 aromatic rings. The number of methoxy groups -OCH3 is 2. The Hall–Kier alpha value is -11.4. The third-order valence-corrected chi connectivity index (χ3v) is 19.9. The third-order valence-electron chi connectivity index (χ3n) is 19.4. The Kier molecular flexibility index (Phi) is 17.5. The summed E-state index contributed by atoms with van der Waals surface area (Å²) < 4.78 is 17.3. The van der Waals surface area contributed by atoms with Crippen molar-refractivity contribution in [3.05, 3.63) is 210 Å². The summed E-state index contributed by atoms with van der Waals surface area (Å²) in [6, 6.07) is 45.6. The summed E-state index contributed by atoms with van der Waals surface area (Å²) in [6.45, 7) is 4.25. The Morgan fingerprint density at radius 3 is 1.13 bits per heavy atom. The van der Waals surface area contributed by atoms with Crippen molar-refractivity contribution in [3.8, 4) is 39.9 Å². The van der Waals surface area contributed by atoms with Crippen LogP contribution in [0.2, 0.25) is 0 Å². The fourth-order valence-corrected chi connectivity index (χ4v) is 14.5. The van der Waals surface area contributed by atoms with Crippen molar-refractivity contribution in [2.75, 3.05) is 77.3 Å². The second kappa shape index (κ2) is 27.3. The molecule has 9 N–H and O–H groups in total. The minimum atomic E-state index is 0.0381. The monoisotopic (exact) mass is 1380 g/mol. The number of piperidine rings is 3. The molecule has 0 saturated carbocycles. The number of nitrogens with two attached hydrogens (primary N) is 3. The van der Waals surface area contributed by atoms with E-state index in [1.807, 2.05) is 124 Å². The molecule has 0 aliphatic carbocycles. The summed E-state index contributed by atoms with van der Waals surface area (Å²) in [5.41, 5.74) is 31.1. The maximum absolute atomic E-state index is 13.0. The van der Waals surface area contributed by atoms with Gasteiger partial charge in [-0.2, -0.15) is 0 Å². The number of likely N-dealkylation sites (tertiary alicyclic amines) is 3. The average molecular weight is 1390 g/mol. The number of H-pyrrole nitrogens is 3. The molecule has 99 heavy (non-hydrogen) atoms. The minimum absolute atomic E-state index is 0.0381. The number of nitrogens with zero attached hydrogens (tertiary/aromatic N) is 12. The SMILES string of the molecule is COCC(=O)N1CCC(c2nc(-c3cc4ccccc4[nH]3)c3c(N)nccn23)CC1.COc1ccc(C(=O)N2CCC(c3nc(-c4cc5ccccc5[nH]4)c4c(N)nccn34)CC2)cc1.Nc1nccn2c(C3CCN(C(=O)c4ccc(Br)cc4)CC3)nc(-c3cc4ccccc4[nH]3)c12. The second-order valence-corrected chi connectivity index (χ2v) is 26.2. The van der Waals surface area contributed by atoms with Crippen LogP contribution in [0.3, 0.4) is 0 Å². The van der Waals surface area contributed by atoms with Crippen molar-refractivity contribution in [2.24, 2.45) is 0 Å². The van der Waals surface area contributed by atoms with Crippen molar-refractivity contribution >= 4 is 100 Å². The maximum atomic E-state index is 13.0. The first-order chi connectivity index (χ1) is 48.4. The zero-order valence-electron chi connectivity index (χ0n) is 54.7. The molecular weight excluding hydrogens is 1310 g/mol. The number of aromatic nitrogens is 12. The van der Waals surface area contributed by atoms with E-state index < -0.39 is 0 Å². The standard InChI is InChI=1S/C27H26N6O2.C26H23BrN6O.C22H24N6O2/c1-35-20-8-6-18(7-9-20)27(34)32-13-10-17(11-14-32)26-31-23(24-25(28)29-12-15-33(24)26)22-16-19-4-2-3-5-21(19)30-22;27-19-7-5-17(6-8-19)26(34)32-12-9-16(10-13-32)25-31-22(23-24(28)29-11-14-33(23)25)21-15-18-3-1-2-4-20(18)30-21;1-30-13-18(29)27-9-6-14(7-10-27)22-26-19(20-21(23)24-8-11-28(20)22)17-12-15-4-2-3-5-16(15)25-17/h2-9,12,15-17,30H,10-11,13-14H2,1H3,(H2,28,29);1-8,11,14-16,30H,9-10,12-13H2,(H2,28,29);2-5,8,11-12,14,25H,6-7,9-10,13H2,1H3,(H2,23,24). The van der Waals surface area contributed by atoms with Gasteiger partial charge in [-0.15, -0.1) is 0 Å². The number of benzene rings is 5. The van der Waals surface area contributed by atoms with Gasteiger partial charge in [-0.3, -0.25) is 27.6 Å². The highest BCUT2D eigenvalue weighted by Gasteiger charge is 2.33. The van der Waals surface area contributed by atoms with Gasteiger partial charge < -0.3 is 56.3 Å². The molecule has 3 saturated heterocycles. The van der Waals surface area contributed by atoms with Crippen molar-refractivity contribution in [3.63, 3.8) is 0 Å². The number of fused-ring (bicyclic) bond motifs is 6. The van der Waals surface area contributed by atoms with Crippen LogP contribution in [0.5, 0.6) is 5.75 Å². The van der Waals surface area contributed by atoms with E-state index in [-0.39, 0.29) is 42.1 Å². The molecule has 0 bridgehead atoms. The van der Waals surface area contributed by atoms with Crippen LogP contribution in [-0.2, 0) is 9.53 Å². The molecule has 9 aromatic heterocycles. The number of rotatable bonds is 11. The van der Waals surface area contributed by atoms with Crippen LogP contribution >= 0.6 is 15.9 Å². The number of nitrogen functional groups attached to an aromatic ring is 3. The van der Waals surface area contributed by atoms with E-state index in [1.165, 1.54) is 0 Å². The second-order valence-electron chi connectivity index (χ2n) is 25.3. The predicted octanol–water partition coefficient (Wildman–Crippen LogP) is 12.5. The molecule has 24 heteroatoms. The fourth-order valence-electron chi connectivity index (χ4n) is 14.3. The van der Waals surface area contributed by atoms with Crippen LogP contribution in [0.1, 0.15) is 94.5 Å².